The second-order valence-electron chi connectivity index (χ2n) is 7.07. The van der Waals surface area contributed by atoms with E-state index in [0.717, 1.165) is 35.2 Å². The van der Waals surface area contributed by atoms with Gasteiger partial charge in [0.05, 0.1) is 5.52 Å². The van der Waals surface area contributed by atoms with Crippen LogP contribution in [0.5, 0.6) is 11.5 Å². The molecule has 0 bridgehead atoms. The fraction of sp³-hybridized carbons (Fsp3) is 0.318. The van der Waals surface area contributed by atoms with Crippen LogP contribution in [-0.4, -0.2) is 4.98 Å². The molecular weight excluding hydrogens is 294 g/mol. The Labute approximate surface area is 143 Å². The third kappa shape index (κ3) is 2.66. The van der Waals surface area contributed by atoms with Crippen LogP contribution in [0.15, 0.2) is 42.5 Å². The molecule has 0 unspecified atom stereocenters. The van der Waals surface area contributed by atoms with Crippen LogP contribution in [0.2, 0.25) is 0 Å². The summed E-state index contributed by atoms with van der Waals surface area (Å²) in [6, 6.07) is 14.9. The highest BCUT2D eigenvalue weighted by Gasteiger charge is 2.21. The number of aromatic nitrogens is 1. The van der Waals surface area contributed by atoms with Crippen molar-refractivity contribution in [2.45, 2.75) is 46.0 Å². The SMILES string of the molecule is Cc1ccc2nc3c(c(Oc4ccc(C(C)C)cc4)c2c1)CCC3. The number of fused-ring (bicyclic) bond motifs is 2. The fourth-order valence-corrected chi connectivity index (χ4v) is 3.49. The van der Waals surface area contributed by atoms with Crippen LogP contribution in [0, 0.1) is 6.92 Å². The molecule has 2 aromatic carbocycles. The first-order valence-corrected chi connectivity index (χ1v) is 8.82. The van der Waals surface area contributed by atoms with Crippen LogP contribution in [0.3, 0.4) is 0 Å². The van der Waals surface area contributed by atoms with E-state index < -0.39 is 0 Å². The van der Waals surface area contributed by atoms with Crippen molar-refractivity contribution in [3.05, 3.63) is 64.8 Å². The lowest BCUT2D eigenvalue weighted by molar-refractivity contribution is 0.482. The molecule has 0 radical (unpaired) electrons. The van der Waals surface area contributed by atoms with E-state index in [2.05, 4.69) is 63.2 Å². The van der Waals surface area contributed by atoms with Crippen molar-refractivity contribution in [3.8, 4) is 11.5 Å². The predicted octanol–water partition coefficient (Wildman–Crippen LogP) is 5.95. The molecule has 0 aliphatic heterocycles. The summed E-state index contributed by atoms with van der Waals surface area (Å²) in [7, 11) is 0. The van der Waals surface area contributed by atoms with Gasteiger partial charge in [0.15, 0.2) is 0 Å². The Morgan fingerprint density at radius 1 is 1.00 bits per heavy atom. The van der Waals surface area contributed by atoms with E-state index in [4.69, 9.17) is 9.72 Å². The Morgan fingerprint density at radius 2 is 1.79 bits per heavy atom. The van der Waals surface area contributed by atoms with Crippen molar-refractivity contribution >= 4 is 10.9 Å². The van der Waals surface area contributed by atoms with Crippen LogP contribution in [0.1, 0.15) is 48.6 Å². The molecule has 0 saturated carbocycles. The van der Waals surface area contributed by atoms with Crippen molar-refractivity contribution in [2.24, 2.45) is 0 Å². The van der Waals surface area contributed by atoms with E-state index in [9.17, 15) is 0 Å². The summed E-state index contributed by atoms with van der Waals surface area (Å²) in [6.45, 7) is 6.54. The minimum absolute atomic E-state index is 0.535. The Bertz CT molecular complexity index is 894. The van der Waals surface area contributed by atoms with Gasteiger partial charge in [-0.05, 0) is 61.9 Å². The highest BCUT2D eigenvalue weighted by atomic mass is 16.5. The van der Waals surface area contributed by atoms with Gasteiger partial charge < -0.3 is 4.74 Å². The minimum Gasteiger partial charge on any atom is -0.456 e. The zero-order valence-electron chi connectivity index (χ0n) is 14.6. The number of benzene rings is 2. The molecule has 0 N–H and O–H groups in total. The van der Waals surface area contributed by atoms with Crippen molar-refractivity contribution in [1.29, 1.82) is 0 Å². The quantitative estimate of drug-likeness (QED) is 0.595. The molecule has 0 fully saturated rings. The number of hydrogen-bond donors (Lipinski definition) is 0. The third-order valence-corrected chi connectivity index (χ3v) is 4.88. The molecule has 4 rings (SSSR count). The second-order valence-corrected chi connectivity index (χ2v) is 7.07. The molecule has 2 heteroatoms. The summed E-state index contributed by atoms with van der Waals surface area (Å²) >= 11 is 0. The summed E-state index contributed by atoms with van der Waals surface area (Å²) in [5.74, 6) is 2.45. The third-order valence-electron chi connectivity index (χ3n) is 4.88. The molecular formula is C22H23NO. The number of aryl methyl sites for hydroxylation is 2. The summed E-state index contributed by atoms with van der Waals surface area (Å²) in [5.41, 5.74) is 6.11. The zero-order chi connectivity index (χ0) is 16.7. The van der Waals surface area contributed by atoms with Gasteiger partial charge >= 0.3 is 0 Å². The highest BCUT2D eigenvalue weighted by molar-refractivity contribution is 5.88. The van der Waals surface area contributed by atoms with Gasteiger partial charge in [0, 0.05) is 16.6 Å². The Kier molecular flexibility index (Phi) is 3.76. The van der Waals surface area contributed by atoms with Crippen LogP contribution >= 0.6 is 0 Å². The van der Waals surface area contributed by atoms with Crippen molar-refractivity contribution in [1.82, 2.24) is 4.98 Å². The molecule has 1 aliphatic carbocycles. The topological polar surface area (TPSA) is 22.1 Å². The molecule has 1 aliphatic rings. The molecule has 0 amide bonds. The summed E-state index contributed by atoms with van der Waals surface area (Å²) in [6.07, 6.45) is 3.29. The molecule has 3 aromatic rings. The minimum atomic E-state index is 0.535. The van der Waals surface area contributed by atoms with Crippen molar-refractivity contribution < 1.29 is 4.74 Å². The highest BCUT2D eigenvalue weighted by Crippen LogP contribution is 2.39. The van der Waals surface area contributed by atoms with Gasteiger partial charge in [0.1, 0.15) is 11.5 Å². The van der Waals surface area contributed by atoms with Crippen LogP contribution < -0.4 is 4.74 Å². The first kappa shape index (κ1) is 15.2. The number of pyridine rings is 1. The van der Waals surface area contributed by atoms with Crippen LogP contribution in [0.25, 0.3) is 10.9 Å². The molecule has 0 saturated heterocycles. The number of hydrogen-bond acceptors (Lipinski definition) is 2. The lowest BCUT2D eigenvalue weighted by atomic mass is 10.0. The summed E-state index contributed by atoms with van der Waals surface area (Å²) in [4.78, 5) is 4.86. The van der Waals surface area contributed by atoms with Crippen molar-refractivity contribution in [3.63, 3.8) is 0 Å². The van der Waals surface area contributed by atoms with E-state index in [1.165, 1.54) is 28.8 Å². The monoisotopic (exact) mass is 317 g/mol. The van der Waals surface area contributed by atoms with Crippen molar-refractivity contribution in [2.75, 3.05) is 0 Å². The van der Waals surface area contributed by atoms with E-state index >= 15 is 0 Å². The van der Waals surface area contributed by atoms with Gasteiger partial charge in [-0.25, -0.2) is 0 Å². The van der Waals surface area contributed by atoms with E-state index in [0.29, 0.717) is 5.92 Å². The Hall–Kier alpha value is -2.35. The predicted molar refractivity (Wildman–Crippen MR) is 99.1 cm³/mol. The number of nitrogens with zero attached hydrogens (tertiary/aromatic N) is 1. The lowest BCUT2D eigenvalue weighted by Crippen LogP contribution is -1.97. The van der Waals surface area contributed by atoms with Gasteiger partial charge in [0.25, 0.3) is 0 Å². The molecule has 1 heterocycles. The molecule has 1 aromatic heterocycles. The zero-order valence-corrected chi connectivity index (χ0v) is 14.6. The summed E-state index contributed by atoms with van der Waals surface area (Å²) in [5, 5.41) is 1.13. The van der Waals surface area contributed by atoms with Gasteiger partial charge in [-0.1, -0.05) is 37.6 Å². The maximum Gasteiger partial charge on any atom is 0.141 e. The largest absolute Gasteiger partial charge is 0.456 e. The smallest absolute Gasteiger partial charge is 0.141 e. The number of rotatable bonds is 3. The maximum absolute atomic E-state index is 6.38. The van der Waals surface area contributed by atoms with Gasteiger partial charge in [-0.15, -0.1) is 0 Å². The maximum atomic E-state index is 6.38. The first-order valence-electron chi connectivity index (χ1n) is 8.82. The van der Waals surface area contributed by atoms with Gasteiger partial charge in [-0.2, -0.15) is 0 Å². The van der Waals surface area contributed by atoms with Crippen LogP contribution in [-0.2, 0) is 12.8 Å². The lowest BCUT2D eigenvalue weighted by Gasteiger charge is -2.15. The second kappa shape index (κ2) is 5.94. The van der Waals surface area contributed by atoms with E-state index in [-0.39, 0.29) is 0 Å². The average Bonchev–Trinajstić information content (AvgIpc) is 3.04. The number of ether oxygens (including phenoxy) is 1. The van der Waals surface area contributed by atoms with Crippen LogP contribution in [0.4, 0.5) is 0 Å². The standard InChI is InChI=1S/C22H23NO/c1-14(2)16-8-10-17(11-9-16)24-22-18-5-4-6-20(18)23-21-12-7-15(3)13-19(21)22/h7-14H,4-6H2,1-3H3. The van der Waals surface area contributed by atoms with Gasteiger partial charge in [0.2, 0.25) is 0 Å². The molecule has 0 atom stereocenters. The molecule has 122 valence electrons. The first-order chi connectivity index (χ1) is 11.6. The Balaban J connectivity index is 1.81. The Morgan fingerprint density at radius 3 is 2.54 bits per heavy atom. The summed E-state index contributed by atoms with van der Waals surface area (Å²) < 4.78 is 6.38. The fourth-order valence-electron chi connectivity index (χ4n) is 3.49. The average molecular weight is 317 g/mol. The molecule has 0 spiro atoms. The van der Waals surface area contributed by atoms with Gasteiger partial charge in [-0.3, -0.25) is 4.98 Å². The van der Waals surface area contributed by atoms with E-state index in [1.807, 2.05) is 0 Å². The normalized spacial score (nSPS) is 13.5. The molecule has 24 heavy (non-hydrogen) atoms. The molecule has 2 nitrogen and oxygen atoms in total. The van der Waals surface area contributed by atoms with E-state index in [1.54, 1.807) is 0 Å².